The number of thiazole rings is 1. The van der Waals surface area contributed by atoms with E-state index in [2.05, 4.69) is 20.4 Å². The first-order valence-electron chi connectivity index (χ1n) is 10.8. The molecule has 33 heavy (non-hydrogen) atoms. The first-order valence-corrected chi connectivity index (χ1v) is 11.6. The molecule has 0 saturated heterocycles. The number of aromatic nitrogens is 4. The van der Waals surface area contributed by atoms with Gasteiger partial charge < -0.3 is 15.2 Å². The molecule has 3 heterocycles. The number of alkyl halides is 2. The fraction of sp³-hybridized carbons (Fsp3) is 0.348. The van der Waals surface area contributed by atoms with Crippen LogP contribution < -0.4 is 10.1 Å². The maximum absolute atomic E-state index is 12.6. The second-order valence-electron chi connectivity index (χ2n) is 8.10. The Hall–Kier alpha value is -3.11. The van der Waals surface area contributed by atoms with Gasteiger partial charge in [0.2, 0.25) is 0 Å². The molecule has 2 N–H and O–H groups in total. The van der Waals surface area contributed by atoms with Gasteiger partial charge in [0.1, 0.15) is 18.0 Å². The number of halogens is 2. The van der Waals surface area contributed by atoms with Gasteiger partial charge in [0.25, 0.3) is 6.43 Å². The Morgan fingerprint density at radius 3 is 2.85 bits per heavy atom. The van der Waals surface area contributed by atoms with E-state index < -0.39 is 13.0 Å². The fourth-order valence-corrected chi connectivity index (χ4v) is 4.95. The van der Waals surface area contributed by atoms with Crippen molar-refractivity contribution in [1.29, 1.82) is 0 Å². The van der Waals surface area contributed by atoms with Gasteiger partial charge in [-0.25, -0.2) is 13.8 Å². The van der Waals surface area contributed by atoms with E-state index in [1.54, 1.807) is 24.7 Å². The van der Waals surface area contributed by atoms with Crippen LogP contribution in [0.25, 0.3) is 21.3 Å². The summed E-state index contributed by atoms with van der Waals surface area (Å²) in [7, 11) is 0. The average molecular weight is 472 g/mol. The van der Waals surface area contributed by atoms with Gasteiger partial charge in [0, 0.05) is 29.6 Å². The van der Waals surface area contributed by atoms with Gasteiger partial charge in [-0.05, 0) is 31.0 Å². The van der Waals surface area contributed by atoms with Crippen LogP contribution in [0.3, 0.4) is 0 Å². The summed E-state index contributed by atoms with van der Waals surface area (Å²) in [6, 6.07) is 7.49. The summed E-state index contributed by atoms with van der Waals surface area (Å²) in [6.45, 7) is -0.449. The van der Waals surface area contributed by atoms with Crippen molar-refractivity contribution in [2.45, 2.75) is 50.8 Å². The standard InChI is InChI=1S/C23H23F2N5O2S/c24-22(25)13-30-12-15(10-27-30)14-7-17(11-26-9-14)32-16-5-6-19-21(8-16)33-23(29-19)28-18-3-1-2-4-20(18)31/h5-12,18,20,22,31H,1-4,13H2,(H,28,29)/t18-,20-/m1/s1. The van der Waals surface area contributed by atoms with Crippen molar-refractivity contribution in [1.82, 2.24) is 19.7 Å². The lowest BCUT2D eigenvalue weighted by molar-refractivity contribution is 0.116. The van der Waals surface area contributed by atoms with Crippen molar-refractivity contribution in [2.24, 2.45) is 0 Å². The van der Waals surface area contributed by atoms with Crippen LogP contribution in [0, 0.1) is 0 Å². The van der Waals surface area contributed by atoms with Crippen LogP contribution in [-0.2, 0) is 6.54 Å². The Bertz CT molecular complexity index is 1240. The first kappa shape index (κ1) is 21.7. The van der Waals surface area contributed by atoms with Crippen LogP contribution in [0.15, 0.2) is 49.1 Å². The third-order valence-corrected chi connectivity index (χ3v) is 6.59. The van der Waals surface area contributed by atoms with E-state index in [4.69, 9.17) is 4.74 Å². The molecule has 1 fully saturated rings. The SMILES string of the molecule is O[C@@H]1CCCC[C@H]1Nc1nc2ccc(Oc3cncc(-c4cnn(CC(F)F)c4)c3)cc2s1. The number of hydrogen-bond donors (Lipinski definition) is 2. The number of hydrogen-bond acceptors (Lipinski definition) is 7. The first-order chi connectivity index (χ1) is 16.0. The summed E-state index contributed by atoms with van der Waals surface area (Å²) in [4.78, 5) is 8.84. The van der Waals surface area contributed by atoms with E-state index in [9.17, 15) is 13.9 Å². The average Bonchev–Trinajstić information content (AvgIpc) is 3.41. The molecular weight excluding hydrogens is 448 g/mol. The zero-order chi connectivity index (χ0) is 22.8. The smallest absolute Gasteiger partial charge is 0.257 e. The summed E-state index contributed by atoms with van der Waals surface area (Å²) in [6.07, 6.45) is 7.46. The summed E-state index contributed by atoms with van der Waals surface area (Å²) in [5.41, 5.74) is 2.27. The van der Waals surface area contributed by atoms with E-state index in [-0.39, 0.29) is 12.1 Å². The summed E-state index contributed by atoms with van der Waals surface area (Å²) < 4.78 is 33.3. The van der Waals surface area contributed by atoms with E-state index in [0.29, 0.717) is 17.1 Å². The van der Waals surface area contributed by atoms with E-state index >= 15 is 0 Å². The molecule has 0 amide bonds. The highest BCUT2D eigenvalue weighted by molar-refractivity contribution is 7.22. The number of nitrogens with one attached hydrogen (secondary N) is 1. The molecule has 10 heteroatoms. The topological polar surface area (TPSA) is 85.1 Å². The molecule has 0 unspecified atom stereocenters. The van der Waals surface area contributed by atoms with Crippen molar-refractivity contribution >= 4 is 26.7 Å². The molecule has 0 bridgehead atoms. The number of rotatable bonds is 7. The zero-order valence-corrected chi connectivity index (χ0v) is 18.5. The summed E-state index contributed by atoms with van der Waals surface area (Å²) in [5, 5.41) is 18.3. The van der Waals surface area contributed by atoms with Gasteiger partial charge in [-0.3, -0.25) is 9.67 Å². The predicted molar refractivity (Wildman–Crippen MR) is 123 cm³/mol. The third-order valence-electron chi connectivity index (χ3n) is 5.64. The van der Waals surface area contributed by atoms with Crippen molar-refractivity contribution in [3.8, 4) is 22.6 Å². The number of benzene rings is 1. The normalized spacial score (nSPS) is 18.7. The van der Waals surface area contributed by atoms with Crippen molar-refractivity contribution < 1.29 is 18.6 Å². The molecule has 1 aliphatic carbocycles. The van der Waals surface area contributed by atoms with Crippen molar-refractivity contribution in [3.05, 3.63) is 49.1 Å². The Morgan fingerprint density at radius 1 is 1.12 bits per heavy atom. The lowest BCUT2D eigenvalue weighted by atomic mass is 9.93. The van der Waals surface area contributed by atoms with Gasteiger partial charge in [-0.15, -0.1) is 0 Å². The molecule has 172 valence electrons. The second-order valence-corrected chi connectivity index (χ2v) is 9.14. The van der Waals surface area contributed by atoms with Gasteiger partial charge in [0.15, 0.2) is 5.13 Å². The molecule has 5 rings (SSSR count). The highest BCUT2D eigenvalue weighted by Gasteiger charge is 2.23. The minimum atomic E-state index is -2.46. The molecule has 0 aliphatic heterocycles. The van der Waals surface area contributed by atoms with Gasteiger partial charge >= 0.3 is 0 Å². The molecule has 1 aliphatic rings. The highest BCUT2D eigenvalue weighted by atomic mass is 32.1. The van der Waals surface area contributed by atoms with E-state index in [0.717, 1.165) is 46.6 Å². The Labute approximate surface area is 193 Å². The van der Waals surface area contributed by atoms with E-state index in [1.165, 1.54) is 22.2 Å². The number of nitrogens with zero attached hydrogens (tertiary/aromatic N) is 4. The van der Waals surface area contributed by atoms with Crippen LogP contribution in [-0.4, -0.2) is 43.4 Å². The Balaban J connectivity index is 1.31. The van der Waals surface area contributed by atoms with Crippen LogP contribution in [0.4, 0.5) is 13.9 Å². The maximum Gasteiger partial charge on any atom is 0.257 e. The zero-order valence-electron chi connectivity index (χ0n) is 17.7. The fourth-order valence-electron chi connectivity index (χ4n) is 3.99. The van der Waals surface area contributed by atoms with Crippen molar-refractivity contribution in [2.75, 3.05) is 5.32 Å². The molecule has 3 aromatic heterocycles. The lowest BCUT2D eigenvalue weighted by Crippen LogP contribution is -2.36. The monoisotopic (exact) mass is 471 g/mol. The Morgan fingerprint density at radius 2 is 2.00 bits per heavy atom. The highest BCUT2D eigenvalue weighted by Crippen LogP contribution is 2.33. The quantitative estimate of drug-likeness (QED) is 0.379. The molecule has 1 saturated carbocycles. The Kier molecular flexibility index (Phi) is 6.19. The molecule has 7 nitrogen and oxygen atoms in total. The number of aliphatic hydroxyl groups is 1. The van der Waals surface area contributed by atoms with Crippen molar-refractivity contribution in [3.63, 3.8) is 0 Å². The number of ether oxygens (including phenoxy) is 1. The molecule has 0 radical (unpaired) electrons. The predicted octanol–water partition coefficient (Wildman–Crippen LogP) is 5.33. The second kappa shape index (κ2) is 9.40. The minimum absolute atomic E-state index is 0.0360. The largest absolute Gasteiger partial charge is 0.456 e. The minimum Gasteiger partial charge on any atom is -0.456 e. The number of pyridine rings is 1. The van der Waals surface area contributed by atoms with E-state index in [1.807, 2.05) is 18.2 Å². The van der Waals surface area contributed by atoms with Crippen LogP contribution in [0.2, 0.25) is 0 Å². The molecule has 1 aromatic carbocycles. The number of fused-ring (bicyclic) bond motifs is 1. The molecule has 2 atom stereocenters. The lowest BCUT2D eigenvalue weighted by Gasteiger charge is -2.27. The number of anilines is 1. The van der Waals surface area contributed by atoms with Crippen LogP contribution in [0.5, 0.6) is 11.5 Å². The molecule has 4 aromatic rings. The van der Waals surface area contributed by atoms with Gasteiger partial charge in [-0.2, -0.15) is 5.10 Å². The van der Waals surface area contributed by atoms with Crippen LogP contribution >= 0.6 is 11.3 Å². The van der Waals surface area contributed by atoms with Gasteiger partial charge in [0.05, 0.1) is 34.8 Å². The molecular formula is C23H23F2N5O2S. The van der Waals surface area contributed by atoms with Crippen LogP contribution in [0.1, 0.15) is 25.7 Å². The number of aliphatic hydroxyl groups excluding tert-OH is 1. The molecule has 0 spiro atoms. The maximum atomic E-state index is 12.6. The summed E-state index contributed by atoms with van der Waals surface area (Å²) >= 11 is 1.52. The van der Waals surface area contributed by atoms with Gasteiger partial charge in [-0.1, -0.05) is 24.2 Å². The third kappa shape index (κ3) is 5.12. The summed E-state index contributed by atoms with van der Waals surface area (Å²) in [5.74, 6) is 1.17.